The maximum atomic E-state index is 13.1. The van der Waals surface area contributed by atoms with Crippen molar-refractivity contribution < 1.29 is 4.79 Å². The van der Waals surface area contributed by atoms with E-state index in [1.54, 1.807) is 0 Å². The summed E-state index contributed by atoms with van der Waals surface area (Å²) in [6.45, 7) is 7.85. The highest BCUT2D eigenvalue weighted by atomic mass is 35.5. The van der Waals surface area contributed by atoms with Gasteiger partial charge in [-0.05, 0) is 63.6 Å². The van der Waals surface area contributed by atoms with Crippen molar-refractivity contribution in [2.75, 3.05) is 5.32 Å². The first-order chi connectivity index (χ1) is 12.4. The van der Waals surface area contributed by atoms with E-state index in [1.165, 1.54) is 0 Å². The van der Waals surface area contributed by atoms with E-state index in [1.807, 2.05) is 82.3 Å². The van der Waals surface area contributed by atoms with E-state index in [0.717, 1.165) is 33.9 Å². The van der Waals surface area contributed by atoms with Crippen molar-refractivity contribution in [3.05, 3.63) is 82.1 Å². The Hall–Kier alpha value is -2.52. The Morgan fingerprint density at radius 2 is 1.73 bits per heavy atom. The maximum Gasteiger partial charge on any atom is 0.186 e. The molecule has 0 fully saturated rings. The number of carbonyl (C=O) groups is 1. The van der Waals surface area contributed by atoms with Crippen LogP contribution in [0, 0.1) is 20.8 Å². The molecule has 3 nitrogen and oxygen atoms in total. The molecule has 0 spiro atoms. The molecule has 0 saturated heterocycles. The number of hydrogen-bond acceptors (Lipinski definition) is 2. The Morgan fingerprint density at radius 1 is 1.04 bits per heavy atom. The van der Waals surface area contributed by atoms with Crippen LogP contribution in [-0.4, -0.2) is 16.4 Å². The number of nitrogens with zero attached hydrogens (tertiary/aromatic N) is 1. The monoisotopic (exact) mass is 366 g/mol. The van der Waals surface area contributed by atoms with Gasteiger partial charge in [-0.15, -0.1) is 0 Å². The summed E-state index contributed by atoms with van der Waals surface area (Å²) in [5, 5.41) is 3.99. The lowest BCUT2D eigenvalue weighted by molar-refractivity contribution is 0.0975. The predicted octanol–water partition coefficient (Wildman–Crippen LogP) is 5.74. The summed E-state index contributed by atoms with van der Waals surface area (Å²) in [5.41, 5.74) is 5.64. The number of nitrogens with one attached hydrogen (secondary N) is 1. The molecule has 0 unspecified atom stereocenters. The lowest BCUT2D eigenvalue weighted by atomic mass is 10.0. The van der Waals surface area contributed by atoms with E-state index >= 15 is 0 Å². The van der Waals surface area contributed by atoms with E-state index in [4.69, 9.17) is 11.6 Å². The average molecular weight is 367 g/mol. The number of rotatable bonds is 5. The Balaban J connectivity index is 1.89. The first kappa shape index (κ1) is 18.3. The third-order valence-corrected chi connectivity index (χ3v) is 5.15. The molecule has 134 valence electrons. The smallest absolute Gasteiger partial charge is 0.186 e. The second kappa shape index (κ2) is 7.38. The van der Waals surface area contributed by atoms with Crippen molar-refractivity contribution in [1.82, 2.24) is 4.57 Å². The van der Waals surface area contributed by atoms with Crippen LogP contribution in [0.2, 0.25) is 5.02 Å². The second-order valence-corrected chi connectivity index (χ2v) is 7.01. The van der Waals surface area contributed by atoms with Gasteiger partial charge < -0.3 is 9.88 Å². The van der Waals surface area contributed by atoms with Gasteiger partial charge in [0.2, 0.25) is 0 Å². The number of Topliss-reactive ketones (excluding diaryl/α,β-unsaturated/α-hetero) is 1. The second-order valence-electron chi connectivity index (χ2n) is 6.60. The molecular weight excluding hydrogens is 344 g/mol. The van der Waals surface area contributed by atoms with Crippen LogP contribution in [0.4, 0.5) is 5.69 Å². The minimum Gasteiger partial charge on any atom is -0.375 e. The van der Waals surface area contributed by atoms with Crippen molar-refractivity contribution in [3.8, 4) is 5.69 Å². The number of hydrogen-bond donors (Lipinski definition) is 1. The average Bonchev–Trinajstić information content (AvgIpc) is 2.93. The number of para-hydroxylation sites is 1. The first-order valence-corrected chi connectivity index (χ1v) is 9.08. The molecule has 0 radical (unpaired) electrons. The molecule has 0 aliphatic carbocycles. The summed E-state index contributed by atoms with van der Waals surface area (Å²) in [7, 11) is 0. The number of aromatic nitrogens is 1. The minimum absolute atomic E-state index is 0.0691. The third-order valence-electron chi connectivity index (χ3n) is 4.74. The molecule has 1 N–H and O–H groups in total. The molecule has 1 aromatic heterocycles. The topological polar surface area (TPSA) is 34.0 Å². The normalized spacial score (nSPS) is 12.0. The zero-order valence-electron chi connectivity index (χ0n) is 15.5. The summed E-state index contributed by atoms with van der Waals surface area (Å²) in [6.07, 6.45) is 0. The van der Waals surface area contributed by atoms with Gasteiger partial charge in [0.05, 0.1) is 6.04 Å². The van der Waals surface area contributed by atoms with E-state index in [2.05, 4.69) is 9.88 Å². The van der Waals surface area contributed by atoms with Crippen molar-refractivity contribution >= 4 is 23.1 Å². The van der Waals surface area contributed by atoms with Gasteiger partial charge in [-0.1, -0.05) is 35.9 Å². The zero-order valence-corrected chi connectivity index (χ0v) is 16.3. The van der Waals surface area contributed by atoms with Crippen LogP contribution in [-0.2, 0) is 0 Å². The van der Waals surface area contributed by atoms with Crippen LogP contribution < -0.4 is 5.32 Å². The van der Waals surface area contributed by atoms with E-state index in [9.17, 15) is 4.79 Å². The molecule has 0 saturated carbocycles. The molecule has 0 bridgehead atoms. The Kier molecular flexibility index (Phi) is 5.19. The van der Waals surface area contributed by atoms with Crippen LogP contribution in [0.15, 0.2) is 54.6 Å². The third kappa shape index (κ3) is 3.40. The summed E-state index contributed by atoms with van der Waals surface area (Å²) in [6, 6.07) is 17.4. The van der Waals surface area contributed by atoms with Gasteiger partial charge in [-0.25, -0.2) is 0 Å². The Morgan fingerprint density at radius 3 is 2.42 bits per heavy atom. The lowest BCUT2D eigenvalue weighted by Crippen LogP contribution is -2.27. The van der Waals surface area contributed by atoms with E-state index in [0.29, 0.717) is 5.02 Å². The molecule has 1 heterocycles. The fourth-order valence-electron chi connectivity index (χ4n) is 3.28. The van der Waals surface area contributed by atoms with Gasteiger partial charge in [-0.3, -0.25) is 4.79 Å². The maximum absolute atomic E-state index is 13.1. The molecule has 0 aliphatic heterocycles. The number of halogens is 1. The predicted molar refractivity (Wildman–Crippen MR) is 109 cm³/mol. The Labute approximate surface area is 159 Å². The molecule has 4 heteroatoms. The van der Waals surface area contributed by atoms with Gasteiger partial charge in [0, 0.05) is 33.3 Å². The summed E-state index contributed by atoms with van der Waals surface area (Å²) in [5.74, 6) is 0.0691. The number of ketones is 1. The summed E-state index contributed by atoms with van der Waals surface area (Å²) >= 11 is 6.18. The van der Waals surface area contributed by atoms with Gasteiger partial charge in [0.15, 0.2) is 5.78 Å². The SMILES string of the molecule is Cc1c(Cl)cccc1N[C@@H](C)C(=O)c1cc(C)n(-c2ccccc2)c1C. The molecular formula is C22H23ClN2O. The quantitative estimate of drug-likeness (QED) is 0.584. The number of carbonyl (C=O) groups excluding carboxylic acids is 1. The zero-order chi connectivity index (χ0) is 18.8. The molecule has 26 heavy (non-hydrogen) atoms. The number of anilines is 1. The highest BCUT2D eigenvalue weighted by Crippen LogP contribution is 2.26. The lowest BCUT2D eigenvalue weighted by Gasteiger charge is -2.17. The Bertz CT molecular complexity index is 944. The largest absolute Gasteiger partial charge is 0.375 e. The van der Waals surface area contributed by atoms with E-state index in [-0.39, 0.29) is 11.8 Å². The van der Waals surface area contributed by atoms with Crippen LogP contribution in [0.25, 0.3) is 5.69 Å². The summed E-state index contributed by atoms with van der Waals surface area (Å²) < 4.78 is 2.12. The standard InChI is InChI=1S/C22H23ClN2O/c1-14-13-19(17(4)25(14)18-9-6-5-7-10-18)22(26)16(3)24-21-12-8-11-20(23)15(21)2/h5-13,16,24H,1-4H3/t16-/m0/s1. The molecule has 0 aliphatic rings. The van der Waals surface area contributed by atoms with Crippen LogP contribution in [0.3, 0.4) is 0 Å². The molecule has 0 amide bonds. The number of aryl methyl sites for hydroxylation is 1. The van der Waals surface area contributed by atoms with Crippen LogP contribution >= 0.6 is 11.6 Å². The molecule has 3 aromatic rings. The summed E-state index contributed by atoms with van der Waals surface area (Å²) in [4.78, 5) is 13.1. The van der Waals surface area contributed by atoms with Gasteiger partial charge in [-0.2, -0.15) is 0 Å². The van der Waals surface area contributed by atoms with Crippen LogP contribution in [0.1, 0.15) is 34.2 Å². The highest BCUT2D eigenvalue weighted by molar-refractivity contribution is 6.31. The fourth-order valence-corrected chi connectivity index (χ4v) is 3.46. The van der Waals surface area contributed by atoms with Crippen molar-refractivity contribution in [3.63, 3.8) is 0 Å². The van der Waals surface area contributed by atoms with Crippen molar-refractivity contribution in [2.45, 2.75) is 33.7 Å². The fraction of sp³-hybridized carbons (Fsp3) is 0.227. The van der Waals surface area contributed by atoms with Gasteiger partial charge in [0.1, 0.15) is 0 Å². The van der Waals surface area contributed by atoms with Gasteiger partial charge >= 0.3 is 0 Å². The molecule has 3 rings (SSSR count). The first-order valence-electron chi connectivity index (χ1n) is 8.70. The number of benzene rings is 2. The van der Waals surface area contributed by atoms with Gasteiger partial charge in [0.25, 0.3) is 0 Å². The molecule has 1 atom stereocenters. The van der Waals surface area contributed by atoms with E-state index < -0.39 is 0 Å². The van der Waals surface area contributed by atoms with Crippen molar-refractivity contribution in [2.24, 2.45) is 0 Å². The highest BCUT2D eigenvalue weighted by Gasteiger charge is 2.22. The molecule has 2 aromatic carbocycles. The van der Waals surface area contributed by atoms with Crippen molar-refractivity contribution in [1.29, 1.82) is 0 Å². The minimum atomic E-state index is -0.350. The van der Waals surface area contributed by atoms with Crippen LogP contribution in [0.5, 0.6) is 0 Å².